The maximum atomic E-state index is 6.35. The minimum Gasteiger partial charge on any atom is -0.399 e. The number of imidazole rings is 1. The smallest absolute Gasteiger partial charge is 0.399 e. The maximum Gasteiger partial charge on any atom is 0.494 e. The molecule has 5 nitrogen and oxygen atoms in total. The van der Waals surface area contributed by atoms with Gasteiger partial charge in [-0.3, -0.25) is 4.40 Å². The fourth-order valence-corrected chi connectivity index (χ4v) is 6.56. The lowest BCUT2D eigenvalue weighted by Gasteiger charge is -2.32. The zero-order valence-corrected chi connectivity index (χ0v) is 24.3. The van der Waals surface area contributed by atoms with Crippen LogP contribution in [0.5, 0.6) is 0 Å². The summed E-state index contributed by atoms with van der Waals surface area (Å²) in [6.07, 6.45) is 1.14. The summed E-state index contributed by atoms with van der Waals surface area (Å²) < 4.78 is 15.0. The molecule has 6 rings (SSSR count). The predicted octanol–water partition coefficient (Wildman–Crippen LogP) is 6.59. The molecule has 0 saturated carbocycles. The molecular formula is C31H40BN3O2. The Bertz CT molecular complexity index is 1590. The lowest BCUT2D eigenvalue weighted by atomic mass is 9.78. The predicted molar refractivity (Wildman–Crippen MR) is 153 cm³/mol. The van der Waals surface area contributed by atoms with E-state index in [0.29, 0.717) is 0 Å². The second-order valence-corrected chi connectivity index (χ2v) is 14.7. The average molecular weight is 497 g/mol. The third kappa shape index (κ3) is 3.51. The number of nitrogens with zero attached hydrogens (tertiary/aromatic N) is 3. The first-order valence-electron chi connectivity index (χ1n) is 13.6. The van der Waals surface area contributed by atoms with Crippen LogP contribution in [0.2, 0.25) is 0 Å². The molecule has 0 unspecified atom stereocenters. The average Bonchev–Trinajstić information content (AvgIpc) is 3.29. The van der Waals surface area contributed by atoms with Crippen LogP contribution in [0, 0.1) is 0 Å². The van der Waals surface area contributed by atoms with E-state index in [1.54, 1.807) is 0 Å². The number of hydrogen-bond acceptors (Lipinski definition) is 4. The molecule has 2 aliphatic rings. The van der Waals surface area contributed by atoms with E-state index >= 15 is 0 Å². The van der Waals surface area contributed by atoms with Crippen LogP contribution in [-0.4, -0.2) is 32.7 Å². The van der Waals surface area contributed by atoms with E-state index in [0.717, 1.165) is 45.3 Å². The summed E-state index contributed by atoms with van der Waals surface area (Å²) in [6, 6.07) is 11.1. The molecular weight excluding hydrogens is 457 g/mol. The fraction of sp³-hybridized carbons (Fsp3) is 0.548. The van der Waals surface area contributed by atoms with E-state index in [1.165, 1.54) is 11.1 Å². The first kappa shape index (κ1) is 24.9. The first-order valence-corrected chi connectivity index (χ1v) is 13.6. The van der Waals surface area contributed by atoms with Crippen molar-refractivity contribution in [2.24, 2.45) is 0 Å². The van der Waals surface area contributed by atoms with E-state index in [9.17, 15) is 0 Å². The largest absolute Gasteiger partial charge is 0.494 e. The standard InChI is InChI=1S/C31H40BN3O2/c1-27(2,3)26-34-22-14-18(32-36-30(8,9)31(10,11)37-32)12-13-19(22)25-33-23-15-20-21(16-24(23)35(25)26)29(6,7)17-28(20,4)5/h12-16H,17H2,1-11H3. The van der Waals surface area contributed by atoms with Gasteiger partial charge in [-0.05, 0) is 85.8 Å². The van der Waals surface area contributed by atoms with E-state index in [-0.39, 0.29) is 27.4 Å². The molecule has 0 amide bonds. The van der Waals surface area contributed by atoms with Gasteiger partial charge in [0.2, 0.25) is 0 Å². The van der Waals surface area contributed by atoms with Gasteiger partial charge in [0.05, 0.1) is 27.8 Å². The summed E-state index contributed by atoms with van der Waals surface area (Å²) in [5.74, 6) is 1.01. The lowest BCUT2D eigenvalue weighted by molar-refractivity contribution is 0.00578. The van der Waals surface area contributed by atoms with Gasteiger partial charge in [-0.15, -0.1) is 0 Å². The van der Waals surface area contributed by atoms with Crippen molar-refractivity contribution in [1.29, 1.82) is 0 Å². The summed E-state index contributed by atoms with van der Waals surface area (Å²) >= 11 is 0. The van der Waals surface area contributed by atoms with Crippen LogP contribution in [0.25, 0.3) is 27.6 Å². The van der Waals surface area contributed by atoms with Crippen molar-refractivity contribution in [2.45, 2.75) is 110 Å². The lowest BCUT2D eigenvalue weighted by Crippen LogP contribution is -2.41. The second kappa shape index (κ2) is 7.15. The Morgan fingerprint density at radius 2 is 1.38 bits per heavy atom. The maximum absolute atomic E-state index is 6.35. The molecule has 0 N–H and O–H groups in total. The van der Waals surface area contributed by atoms with Gasteiger partial charge in [0, 0.05) is 10.8 Å². The van der Waals surface area contributed by atoms with Crippen molar-refractivity contribution in [2.75, 3.05) is 0 Å². The van der Waals surface area contributed by atoms with E-state index in [1.807, 2.05) is 0 Å². The van der Waals surface area contributed by atoms with Gasteiger partial charge in [-0.1, -0.05) is 54.5 Å². The van der Waals surface area contributed by atoms with Gasteiger partial charge >= 0.3 is 7.12 Å². The Balaban J connectivity index is 1.62. The van der Waals surface area contributed by atoms with Crippen LogP contribution < -0.4 is 5.46 Å². The first-order chi connectivity index (χ1) is 16.9. The zero-order chi connectivity index (χ0) is 26.9. The third-order valence-electron chi connectivity index (χ3n) is 9.03. The van der Waals surface area contributed by atoms with Crippen LogP contribution in [0.15, 0.2) is 30.3 Å². The van der Waals surface area contributed by atoms with Crippen molar-refractivity contribution < 1.29 is 9.31 Å². The molecule has 0 atom stereocenters. The van der Waals surface area contributed by atoms with Crippen LogP contribution >= 0.6 is 0 Å². The fourth-order valence-electron chi connectivity index (χ4n) is 6.56. The Hall–Kier alpha value is -2.44. The highest BCUT2D eigenvalue weighted by molar-refractivity contribution is 6.62. The topological polar surface area (TPSA) is 48.7 Å². The molecule has 37 heavy (non-hydrogen) atoms. The van der Waals surface area contributed by atoms with E-state index in [2.05, 4.69) is 111 Å². The number of aromatic nitrogens is 3. The van der Waals surface area contributed by atoms with Gasteiger partial charge < -0.3 is 9.31 Å². The Morgan fingerprint density at radius 3 is 1.97 bits per heavy atom. The van der Waals surface area contributed by atoms with Crippen molar-refractivity contribution in [3.05, 3.63) is 47.3 Å². The van der Waals surface area contributed by atoms with E-state index in [4.69, 9.17) is 19.3 Å². The molecule has 194 valence electrons. The van der Waals surface area contributed by atoms with Crippen molar-refractivity contribution >= 4 is 40.2 Å². The highest BCUT2D eigenvalue weighted by Gasteiger charge is 2.51. The minimum atomic E-state index is -0.420. The third-order valence-corrected chi connectivity index (χ3v) is 9.03. The molecule has 3 heterocycles. The van der Waals surface area contributed by atoms with Crippen LogP contribution in [0.3, 0.4) is 0 Å². The molecule has 1 aliphatic heterocycles. The Labute approximate surface area is 221 Å². The number of benzene rings is 2. The molecule has 6 heteroatoms. The summed E-state index contributed by atoms with van der Waals surface area (Å²) in [6.45, 7) is 24.5. The molecule has 2 aromatic heterocycles. The summed E-state index contributed by atoms with van der Waals surface area (Å²) in [5.41, 5.74) is 7.23. The highest BCUT2D eigenvalue weighted by Crippen LogP contribution is 2.50. The van der Waals surface area contributed by atoms with Gasteiger partial charge in [0.15, 0.2) is 0 Å². The minimum absolute atomic E-state index is 0.126. The molecule has 0 bridgehead atoms. The molecule has 1 aliphatic carbocycles. The second-order valence-electron chi connectivity index (χ2n) is 14.7. The van der Waals surface area contributed by atoms with E-state index < -0.39 is 7.12 Å². The Kier molecular flexibility index (Phi) is 4.81. The molecule has 0 radical (unpaired) electrons. The number of hydrogen-bond donors (Lipinski definition) is 0. The van der Waals surface area contributed by atoms with Crippen molar-refractivity contribution in [3.8, 4) is 0 Å². The van der Waals surface area contributed by atoms with Gasteiger partial charge in [-0.25, -0.2) is 9.97 Å². The number of fused-ring (bicyclic) bond motifs is 6. The van der Waals surface area contributed by atoms with Crippen LogP contribution in [-0.2, 0) is 25.6 Å². The summed E-state index contributed by atoms with van der Waals surface area (Å²) in [5, 5.41) is 1.04. The molecule has 0 spiro atoms. The van der Waals surface area contributed by atoms with Gasteiger partial charge in [0.1, 0.15) is 11.5 Å². The van der Waals surface area contributed by atoms with Gasteiger partial charge in [-0.2, -0.15) is 0 Å². The van der Waals surface area contributed by atoms with Crippen LogP contribution in [0.4, 0.5) is 0 Å². The normalized spacial score (nSPS) is 21.9. The zero-order valence-electron chi connectivity index (χ0n) is 24.3. The highest BCUT2D eigenvalue weighted by atomic mass is 16.7. The molecule has 1 saturated heterocycles. The monoisotopic (exact) mass is 497 g/mol. The molecule has 1 fully saturated rings. The molecule has 4 aromatic rings. The Morgan fingerprint density at radius 1 is 0.784 bits per heavy atom. The number of rotatable bonds is 1. The van der Waals surface area contributed by atoms with Crippen molar-refractivity contribution in [1.82, 2.24) is 14.4 Å². The van der Waals surface area contributed by atoms with Gasteiger partial charge in [0.25, 0.3) is 0 Å². The quantitative estimate of drug-likeness (QED) is 0.278. The summed E-state index contributed by atoms with van der Waals surface area (Å²) in [7, 11) is -0.420. The van der Waals surface area contributed by atoms with Crippen LogP contribution in [0.1, 0.15) is 99.5 Å². The summed E-state index contributed by atoms with van der Waals surface area (Å²) in [4.78, 5) is 10.5. The van der Waals surface area contributed by atoms with Crippen molar-refractivity contribution in [3.63, 3.8) is 0 Å². The molecule has 2 aromatic carbocycles. The SMILES string of the molecule is CC(C)(C)c1nc2cc(B3OC(C)(C)C(C)(C)O3)ccc2c2nc3cc4c(cc3n12)C(C)(C)CC4(C)C.